The minimum absolute atomic E-state index is 0.0205. The number of aryl methyl sites for hydroxylation is 1. The number of nitrogens with zero attached hydrogens (tertiary/aromatic N) is 1. The normalized spacial score (nSPS) is 14.2. The van der Waals surface area contributed by atoms with E-state index in [1.807, 2.05) is 24.3 Å². The molecule has 0 atom stereocenters. The summed E-state index contributed by atoms with van der Waals surface area (Å²) in [6, 6.07) is 12.4. The molecule has 2 aromatic carbocycles. The van der Waals surface area contributed by atoms with Gasteiger partial charge in [-0.1, -0.05) is 32.0 Å². The van der Waals surface area contributed by atoms with Crippen molar-refractivity contribution in [2.75, 3.05) is 18.4 Å². The van der Waals surface area contributed by atoms with E-state index in [-0.39, 0.29) is 16.8 Å². The zero-order chi connectivity index (χ0) is 21.0. The molecule has 0 saturated heterocycles. The van der Waals surface area contributed by atoms with Gasteiger partial charge < -0.3 is 5.32 Å². The number of sulfonamides is 1. The summed E-state index contributed by atoms with van der Waals surface area (Å²) < 4.78 is 27.6. The number of carbonyl (C=O) groups is 1. The topological polar surface area (TPSA) is 78.5 Å². The van der Waals surface area contributed by atoms with E-state index >= 15 is 0 Å². The van der Waals surface area contributed by atoms with Gasteiger partial charge in [-0.05, 0) is 68.2 Å². The summed E-state index contributed by atoms with van der Waals surface area (Å²) in [6.45, 7) is 8.78. The number of anilines is 1. The van der Waals surface area contributed by atoms with E-state index in [9.17, 15) is 13.2 Å². The molecule has 0 aromatic heterocycles. The fraction of sp³-hybridized carbons (Fsp3) is 0.409. The van der Waals surface area contributed by atoms with Gasteiger partial charge in [0.2, 0.25) is 10.0 Å². The summed E-state index contributed by atoms with van der Waals surface area (Å²) in [5.74, 6) is -0.314. The second-order valence-electron chi connectivity index (χ2n) is 7.49. The van der Waals surface area contributed by atoms with Crippen molar-refractivity contribution in [2.45, 2.75) is 51.1 Å². The van der Waals surface area contributed by atoms with Crippen molar-refractivity contribution in [1.82, 2.24) is 9.62 Å². The maximum absolute atomic E-state index is 12.9. The lowest BCUT2D eigenvalue weighted by molar-refractivity contribution is 0.102. The van der Waals surface area contributed by atoms with Crippen LogP contribution in [0, 0.1) is 6.92 Å². The molecule has 3 rings (SSSR count). The molecule has 1 saturated carbocycles. The van der Waals surface area contributed by atoms with E-state index in [4.69, 9.17) is 0 Å². The molecule has 29 heavy (non-hydrogen) atoms. The third-order valence-corrected chi connectivity index (χ3v) is 6.67. The Kier molecular flexibility index (Phi) is 6.72. The highest BCUT2D eigenvalue weighted by molar-refractivity contribution is 7.89. The smallest absolute Gasteiger partial charge is 0.255 e. The van der Waals surface area contributed by atoms with E-state index in [0.29, 0.717) is 11.3 Å². The largest absolute Gasteiger partial charge is 0.322 e. The predicted octanol–water partition coefficient (Wildman–Crippen LogP) is 3.53. The minimum atomic E-state index is -3.60. The van der Waals surface area contributed by atoms with Gasteiger partial charge in [-0.2, -0.15) is 0 Å². The van der Waals surface area contributed by atoms with E-state index in [1.165, 1.54) is 6.07 Å². The number of benzene rings is 2. The van der Waals surface area contributed by atoms with Crippen LogP contribution >= 0.6 is 0 Å². The molecule has 0 bridgehead atoms. The Morgan fingerprint density at radius 3 is 2.48 bits per heavy atom. The van der Waals surface area contributed by atoms with Crippen molar-refractivity contribution in [3.8, 4) is 0 Å². The average molecular weight is 416 g/mol. The van der Waals surface area contributed by atoms with Crippen LogP contribution in [0.3, 0.4) is 0 Å². The van der Waals surface area contributed by atoms with E-state index in [2.05, 4.69) is 28.8 Å². The Morgan fingerprint density at radius 1 is 1.10 bits per heavy atom. The Morgan fingerprint density at radius 2 is 1.83 bits per heavy atom. The van der Waals surface area contributed by atoms with Gasteiger partial charge in [-0.3, -0.25) is 9.69 Å². The van der Waals surface area contributed by atoms with Crippen molar-refractivity contribution in [2.24, 2.45) is 0 Å². The van der Waals surface area contributed by atoms with Gasteiger partial charge in [0.05, 0.1) is 4.90 Å². The molecule has 2 N–H and O–H groups in total. The number of carbonyl (C=O) groups excluding carboxylic acids is 1. The van der Waals surface area contributed by atoms with Gasteiger partial charge in [-0.25, -0.2) is 13.1 Å². The molecule has 0 radical (unpaired) electrons. The van der Waals surface area contributed by atoms with Crippen LogP contribution in [-0.2, 0) is 16.6 Å². The molecule has 6 nitrogen and oxygen atoms in total. The SMILES string of the molecule is CCN(CC)Cc1cccc(NC(=O)c2cc(S(=O)(=O)NC3CC3)ccc2C)c1. The first kappa shape index (κ1) is 21.5. The Labute approximate surface area is 173 Å². The van der Waals surface area contributed by atoms with Crippen LogP contribution in [0.4, 0.5) is 5.69 Å². The van der Waals surface area contributed by atoms with Crippen LogP contribution in [0.2, 0.25) is 0 Å². The quantitative estimate of drug-likeness (QED) is 0.657. The highest BCUT2D eigenvalue weighted by Crippen LogP contribution is 2.24. The van der Waals surface area contributed by atoms with E-state index in [0.717, 1.165) is 43.6 Å². The number of amides is 1. The van der Waals surface area contributed by atoms with Gasteiger partial charge >= 0.3 is 0 Å². The molecular weight excluding hydrogens is 386 g/mol. The molecule has 2 aromatic rings. The molecule has 0 aliphatic heterocycles. The van der Waals surface area contributed by atoms with Crippen molar-refractivity contribution in [1.29, 1.82) is 0 Å². The van der Waals surface area contributed by atoms with Crippen LogP contribution in [0.5, 0.6) is 0 Å². The molecule has 1 aliphatic carbocycles. The minimum Gasteiger partial charge on any atom is -0.322 e. The van der Waals surface area contributed by atoms with Gasteiger partial charge in [0.1, 0.15) is 0 Å². The van der Waals surface area contributed by atoms with Gasteiger partial charge in [0.25, 0.3) is 5.91 Å². The summed E-state index contributed by atoms with van der Waals surface area (Å²) in [5, 5.41) is 2.91. The van der Waals surface area contributed by atoms with Crippen LogP contribution < -0.4 is 10.0 Å². The first-order chi connectivity index (χ1) is 13.8. The zero-order valence-corrected chi connectivity index (χ0v) is 18.1. The number of hydrogen-bond acceptors (Lipinski definition) is 4. The second-order valence-corrected chi connectivity index (χ2v) is 9.20. The van der Waals surface area contributed by atoms with Crippen molar-refractivity contribution in [3.63, 3.8) is 0 Å². The molecule has 0 heterocycles. The summed E-state index contributed by atoms with van der Waals surface area (Å²) in [4.78, 5) is 15.3. The Balaban J connectivity index is 1.77. The first-order valence-electron chi connectivity index (χ1n) is 10.1. The Bertz CT molecular complexity index is 981. The van der Waals surface area contributed by atoms with Gasteiger partial charge in [0, 0.05) is 23.8 Å². The molecule has 156 valence electrons. The fourth-order valence-electron chi connectivity index (χ4n) is 3.15. The van der Waals surface area contributed by atoms with Crippen LogP contribution in [-0.4, -0.2) is 38.4 Å². The summed E-state index contributed by atoms with van der Waals surface area (Å²) in [5.41, 5.74) is 2.90. The summed E-state index contributed by atoms with van der Waals surface area (Å²) in [7, 11) is -3.60. The lowest BCUT2D eigenvalue weighted by Crippen LogP contribution is -2.26. The van der Waals surface area contributed by atoms with Crippen LogP contribution in [0.25, 0.3) is 0 Å². The second kappa shape index (κ2) is 9.07. The molecule has 1 fully saturated rings. The maximum atomic E-state index is 12.9. The highest BCUT2D eigenvalue weighted by Gasteiger charge is 2.28. The third-order valence-electron chi connectivity index (χ3n) is 5.15. The molecule has 0 spiro atoms. The van der Waals surface area contributed by atoms with Crippen LogP contribution in [0.15, 0.2) is 47.4 Å². The van der Waals surface area contributed by atoms with Crippen molar-refractivity contribution in [3.05, 3.63) is 59.2 Å². The molecule has 7 heteroatoms. The highest BCUT2D eigenvalue weighted by atomic mass is 32.2. The lowest BCUT2D eigenvalue weighted by atomic mass is 10.1. The molecule has 1 aliphatic rings. The van der Waals surface area contributed by atoms with E-state index in [1.54, 1.807) is 19.1 Å². The lowest BCUT2D eigenvalue weighted by Gasteiger charge is -2.18. The average Bonchev–Trinajstić information content (AvgIpc) is 3.49. The zero-order valence-electron chi connectivity index (χ0n) is 17.2. The number of nitrogens with one attached hydrogen (secondary N) is 2. The van der Waals surface area contributed by atoms with Gasteiger partial charge in [0.15, 0.2) is 0 Å². The number of hydrogen-bond donors (Lipinski definition) is 2. The van der Waals surface area contributed by atoms with Gasteiger partial charge in [-0.15, -0.1) is 0 Å². The Hall–Kier alpha value is -2.22. The maximum Gasteiger partial charge on any atom is 0.255 e. The third kappa shape index (κ3) is 5.65. The van der Waals surface area contributed by atoms with Crippen molar-refractivity contribution < 1.29 is 13.2 Å². The number of rotatable bonds is 9. The standard InChI is InChI=1S/C22H29N3O3S/c1-4-25(5-2)15-17-7-6-8-19(13-17)23-22(26)21-14-20(12-9-16(21)3)29(27,28)24-18-10-11-18/h6-9,12-14,18,24H,4-5,10-11,15H2,1-3H3,(H,23,26). The predicted molar refractivity (Wildman–Crippen MR) is 116 cm³/mol. The first-order valence-corrected chi connectivity index (χ1v) is 11.6. The van der Waals surface area contributed by atoms with Crippen molar-refractivity contribution >= 4 is 21.6 Å². The molecular formula is C22H29N3O3S. The van der Waals surface area contributed by atoms with E-state index < -0.39 is 10.0 Å². The fourth-order valence-corrected chi connectivity index (χ4v) is 4.48. The molecule has 1 amide bonds. The monoisotopic (exact) mass is 415 g/mol. The molecule has 0 unspecified atom stereocenters. The summed E-state index contributed by atoms with van der Waals surface area (Å²) in [6.07, 6.45) is 1.73. The van der Waals surface area contributed by atoms with Crippen LogP contribution in [0.1, 0.15) is 48.2 Å². The summed E-state index contributed by atoms with van der Waals surface area (Å²) >= 11 is 0.